The van der Waals surface area contributed by atoms with Gasteiger partial charge in [0, 0.05) is 7.05 Å². The predicted molar refractivity (Wildman–Crippen MR) is 56.9 cm³/mol. The van der Waals surface area contributed by atoms with Crippen molar-refractivity contribution in [2.45, 2.75) is 26.3 Å². The van der Waals surface area contributed by atoms with Gasteiger partial charge in [-0.2, -0.15) is 5.10 Å². The van der Waals surface area contributed by atoms with E-state index < -0.39 is 11.4 Å². The van der Waals surface area contributed by atoms with Crippen molar-refractivity contribution in [1.29, 1.82) is 0 Å². The molecule has 92 valence electrons. The number of hydrogen-bond acceptors (Lipinski definition) is 4. The summed E-state index contributed by atoms with van der Waals surface area (Å²) in [5, 5.41) is 15.6. The van der Waals surface area contributed by atoms with E-state index in [2.05, 4.69) is 15.2 Å². The molecule has 0 atom stereocenters. The number of carboxylic acid groups (broad SMARTS) is 1. The summed E-state index contributed by atoms with van der Waals surface area (Å²) >= 11 is 0. The standard InChI is InChI=1S/C10H14N4O3/c1-6-11-7(13-12-6)5-14(2)8(15)10(3-4-10)9(16)17/h3-5H2,1-2H3,(H,16,17)(H,11,12,13). The molecule has 0 aromatic carbocycles. The number of aliphatic carboxylic acids is 1. The van der Waals surface area contributed by atoms with Gasteiger partial charge in [0.05, 0.1) is 6.54 Å². The monoisotopic (exact) mass is 238 g/mol. The van der Waals surface area contributed by atoms with Crippen LogP contribution in [-0.4, -0.2) is 44.1 Å². The van der Waals surface area contributed by atoms with Crippen molar-refractivity contribution in [3.8, 4) is 0 Å². The van der Waals surface area contributed by atoms with Gasteiger partial charge in [-0.05, 0) is 19.8 Å². The van der Waals surface area contributed by atoms with Crippen molar-refractivity contribution in [2.24, 2.45) is 5.41 Å². The van der Waals surface area contributed by atoms with Crippen molar-refractivity contribution < 1.29 is 14.7 Å². The minimum atomic E-state index is -1.19. The maximum atomic E-state index is 12.0. The Morgan fingerprint density at radius 3 is 2.59 bits per heavy atom. The average molecular weight is 238 g/mol. The van der Waals surface area contributed by atoms with E-state index in [1.54, 1.807) is 14.0 Å². The zero-order chi connectivity index (χ0) is 12.6. The van der Waals surface area contributed by atoms with Crippen molar-refractivity contribution in [2.75, 3.05) is 7.05 Å². The van der Waals surface area contributed by atoms with Gasteiger partial charge in [-0.25, -0.2) is 4.98 Å². The van der Waals surface area contributed by atoms with Gasteiger partial charge in [-0.3, -0.25) is 14.7 Å². The van der Waals surface area contributed by atoms with Crippen LogP contribution in [-0.2, 0) is 16.1 Å². The number of aromatic amines is 1. The van der Waals surface area contributed by atoms with E-state index in [-0.39, 0.29) is 12.5 Å². The Labute approximate surface area is 97.8 Å². The first-order valence-corrected chi connectivity index (χ1v) is 5.32. The second-order valence-corrected chi connectivity index (χ2v) is 4.39. The van der Waals surface area contributed by atoms with E-state index in [0.29, 0.717) is 24.5 Å². The third kappa shape index (κ3) is 2.00. The Hall–Kier alpha value is -1.92. The van der Waals surface area contributed by atoms with Gasteiger partial charge in [0.1, 0.15) is 11.2 Å². The molecule has 2 N–H and O–H groups in total. The molecule has 1 fully saturated rings. The highest BCUT2D eigenvalue weighted by molar-refractivity contribution is 6.04. The number of amides is 1. The summed E-state index contributed by atoms with van der Waals surface area (Å²) in [6.07, 6.45) is 0.830. The van der Waals surface area contributed by atoms with Gasteiger partial charge in [0.15, 0.2) is 5.82 Å². The Bertz CT molecular complexity index is 464. The fraction of sp³-hybridized carbons (Fsp3) is 0.600. The highest BCUT2D eigenvalue weighted by Crippen LogP contribution is 2.47. The zero-order valence-corrected chi connectivity index (χ0v) is 9.73. The molecule has 1 aliphatic carbocycles. The van der Waals surface area contributed by atoms with Crippen LogP contribution in [0.2, 0.25) is 0 Å². The molecule has 1 heterocycles. The second kappa shape index (κ2) is 3.83. The van der Waals surface area contributed by atoms with Gasteiger partial charge in [0.2, 0.25) is 5.91 Å². The third-order valence-corrected chi connectivity index (χ3v) is 2.94. The molecule has 1 aromatic heterocycles. The predicted octanol–water partition coefficient (Wildman–Crippen LogP) is -0.0637. The van der Waals surface area contributed by atoms with Crippen LogP contribution in [0.25, 0.3) is 0 Å². The lowest BCUT2D eigenvalue weighted by molar-refractivity contribution is -0.153. The first-order chi connectivity index (χ1) is 7.95. The summed E-state index contributed by atoms with van der Waals surface area (Å²) < 4.78 is 0. The molecule has 1 aromatic rings. The minimum absolute atomic E-state index is 0.220. The van der Waals surface area contributed by atoms with E-state index in [9.17, 15) is 9.59 Å². The van der Waals surface area contributed by atoms with Crippen LogP contribution in [0.4, 0.5) is 0 Å². The Morgan fingerprint density at radius 1 is 1.53 bits per heavy atom. The summed E-state index contributed by atoms with van der Waals surface area (Å²) in [7, 11) is 1.57. The number of nitrogens with zero attached hydrogens (tertiary/aromatic N) is 3. The molecule has 1 amide bonds. The Morgan fingerprint density at radius 2 is 2.18 bits per heavy atom. The largest absolute Gasteiger partial charge is 0.480 e. The molecule has 1 saturated carbocycles. The molecule has 0 saturated heterocycles. The number of nitrogens with one attached hydrogen (secondary N) is 1. The van der Waals surface area contributed by atoms with Crippen molar-refractivity contribution in [3.05, 3.63) is 11.6 Å². The molecule has 1 aliphatic rings. The van der Waals surface area contributed by atoms with Crippen LogP contribution in [0.3, 0.4) is 0 Å². The van der Waals surface area contributed by atoms with Crippen LogP contribution < -0.4 is 0 Å². The third-order valence-electron chi connectivity index (χ3n) is 2.94. The van der Waals surface area contributed by atoms with Gasteiger partial charge in [-0.15, -0.1) is 0 Å². The summed E-state index contributed by atoms with van der Waals surface area (Å²) in [6.45, 7) is 1.98. The number of hydrogen-bond donors (Lipinski definition) is 2. The molecule has 0 bridgehead atoms. The number of aryl methyl sites for hydroxylation is 1. The fourth-order valence-corrected chi connectivity index (χ4v) is 1.75. The maximum Gasteiger partial charge on any atom is 0.319 e. The molecular formula is C10H14N4O3. The Kier molecular flexibility index (Phi) is 2.60. The molecule has 7 nitrogen and oxygen atoms in total. The smallest absolute Gasteiger partial charge is 0.319 e. The minimum Gasteiger partial charge on any atom is -0.480 e. The lowest BCUT2D eigenvalue weighted by Crippen LogP contribution is -2.38. The molecule has 17 heavy (non-hydrogen) atoms. The first-order valence-electron chi connectivity index (χ1n) is 5.32. The molecular weight excluding hydrogens is 224 g/mol. The number of H-pyrrole nitrogens is 1. The van der Waals surface area contributed by atoms with Gasteiger partial charge in [0.25, 0.3) is 0 Å². The van der Waals surface area contributed by atoms with Crippen molar-refractivity contribution >= 4 is 11.9 Å². The van der Waals surface area contributed by atoms with Crippen LogP contribution in [0.5, 0.6) is 0 Å². The number of carboxylic acids is 1. The van der Waals surface area contributed by atoms with E-state index in [1.807, 2.05) is 0 Å². The molecule has 0 spiro atoms. The maximum absolute atomic E-state index is 12.0. The Balaban J connectivity index is 2.03. The lowest BCUT2D eigenvalue weighted by Gasteiger charge is -2.19. The normalized spacial score (nSPS) is 16.6. The molecule has 0 aliphatic heterocycles. The molecule has 0 unspecified atom stereocenters. The number of rotatable bonds is 4. The summed E-state index contributed by atoms with van der Waals surface area (Å²) in [4.78, 5) is 28.4. The van der Waals surface area contributed by atoms with E-state index in [0.717, 1.165) is 0 Å². The fourth-order valence-electron chi connectivity index (χ4n) is 1.75. The van der Waals surface area contributed by atoms with E-state index >= 15 is 0 Å². The van der Waals surface area contributed by atoms with Gasteiger partial charge < -0.3 is 10.0 Å². The molecule has 2 rings (SSSR count). The highest BCUT2D eigenvalue weighted by Gasteiger charge is 2.58. The lowest BCUT2D eigenvalue weighted by atomic mass is 10.1. The topological polar surface area (TPSA) is 99.2 Å². The average Bonchev–Trinajstić information content (AvgIpc) is 2.98. The van der Waals surface area contributed by atoms with Crippen LogP contribution >= 0.6 is 0 Å². The quantitative estimate of drug-likeness (QED) is 0.716. The van der Waals surface area contributed by atoms with Crippen molar-refractivity contribution in [1.82, 2.24) is 20.1 Å². The molecule has 0 radical (unpaired) electrons. The van der Waals surface area contributed by atoms with E-state index in [4.69, 9.17) is 5.11 Å². The number of carbonyl (C=O) groups is 2. The SMILES string of the molecule is Cc1nc(CN(C)C(=O)C2(C(=O)O)CC2)n[nH]1. The number of carbonyl (C=O) groups excluding carboxylic acids is 1. The summed E-state index contributed by atoms with van der Waals surface area (Å²) in [5.74, 6) is -0.257. The van der Waals surface area contributed by atoms with Gasteiger partial charge in [-0.1, -0.05) is 0 Å². The highest BCUT2D eigenvalue weighted by atomic mass is 16.4. The van der Waals surface area contributed by atoms with Crippen LogP contribution in [0, 0.1) is 12.3 Å². The van der Waals surface area contributed by atoms with Crippen LogP contribution in [0.15, 0.2) is 0 Å². The summed E-state index contributed by atoms with van der Waals surface area (Å²) in [5.41, 5.74) is -1.19. The zero-order valence-electron chi connectivity index (χ0n) is 9.73. The van der Waals surface area contributed by atoms with E-state index in [1.165, 1.54) is 4.90 Å². The second-order valence-electron chi connectivity index (χ2n) is 4.39. The molecule has 7 heteroatoms. The number of aromatic nitrogens is 3. The van der Waals surface area contributed by atoms with Gasteiger partial charge >= 0.3 is 5.97 Å². The van der Waals surface area contributed by atoms with Crippen LogP contribution in [0.1, 0.15) is 24.5 Å². The first kappa shape index (κ1) is 11.6. The summed E-state index contributed by atoms with van der Waals surface area (Å²) in [6, 6.07) is 0. The van der Waals surface area contributed by atoms with Crippen molar-refractivity contribution in [3.63, 3.8) is 0 Å².